The third kappa shape index (κ3) is 2.77. The Bertz CT molecular complexity index is 1150. The number of fused-ring (bicyclic) bond motifs is 4. The van der Waals surface area contributed by atoms with Crippen molar-refractivity contribution in [1.29, 1.82) is 0 Å². The number of oxazole rings is 1. The minimum atomic E-state index is -0.302. The number of hydrogen-bond acceptors (Lipinski definition) is 3. The molecule has 138 valence electrons. The number of anilines is 1. The van der Waals surface area contributed by atoms with Gasteiger partial charge in [-0.25, -0.2) is 4.39 Å². The number of nitrogens with zero attached hydrogens (tertiary/aromatic N) is 3. The van der Waals surface area contributed by atoms with Gasteiger partial charge in [-0.1, -0.05) is 11.6 Å². The lowest BCUT2D eigenvalue weighted by atomic mass is 9.92. The predicted octanol–water partition coefficient (Wildman–Crippen LogP) is 5.26. The predicted molar refractivity (Wildman–Crippen MR) is 105 cm³/mol. The zero-order valence-corrected chi connectivity index (χ0v) is 15.7. The number of likely N-dealkylation sites (N-methyl/N-ethyl adjacent to an activating group) is 1. The van der Waals surface area contributed by atoms with Gasteiger partial charge in [0.05, 0.1) is 5.02 Å². The Balaban J connectivity index is 1.51. The van der Waals surface area contributed by atoms with Gasteiger partial charge >= 0.3 is 0 Å². The van der Waals surface area contributed by atoms with Gasteiger partial charge in [-0.05, 0) is 55.7 Å². The molecule has 27 heavy (non-hydrogen) atoms. The molecule has 6 heteroatoms. The minimum absolute atomic E-state index is 0.275. The molecule has 0 spiro atoms. The third-order valence-electron chi connectivity index (χ3n) is 5.47. The molecule has 0 amide bonds. The number of rotatable bonds is 3. The van der Waals surface area contributed by atoms with Gasteiger partial charge in [-0.3, -0.25) is 0 Å². The maximum Gasteiger partial charge on any atom is 0.298 e. The minimum Gasteiger partial charge on any atom is -0.423 e. The third-order valence-corrected chi connectivity index (χ3v) is 5.69. The van der Waals surface area contributed by atoms with Crippen LogP contribution in [0, 0.1) is 5.82 Å². The molecule has 3 aromatic heterocycles. The Labute approximate surface area is 161 Å². The zero-order valence-electron chi connectivity index (χ0n) is 15.0. The van der Waals surface area contributed by atoms with Crippen molar-refractivity contribution in [1.82, 2.24) is 9.38 Å². The summed E-state index contributed by atoms with van der Waals surface area (Å²) in [6.07, 6.45) is 4.91. The fourth-order valence-electron chi connectivity index (χ4n) is 4.17. The zero-order chi connectivity index (χ0) is 18.5. The lowest BCUT2D eigenvalue weighted by Crippen LogP contribution is -2.39. The van der Waals surface area contributed by atoms with Crippen LogP contribution in [0.5, 0.6) is 0 Å². The fraction of sp³-hybridized carbons (Fsp3) is 0.286. The monoisotopic (exact) mass is 383 g/mol. The second-order valence-corrected chi connectivity index (χ2v) is 7.49. The molecule has 1 atom stereocenters. The number of halogens is 2. The van der Waals surface area contributed by atoms with E-state index >= 15 is 0 Å². The fourth-order valence-corrected chi connectivity index (χ4v) is 4.33. The molecular formula is C21H19ClFN3O. The number of benzene rings is 1. The first-order valence-corrected chi connectivity index (χ1v) is 9.61. The van der Waals surface area contributed by atoms with Gasteiger partial charge in [0.25, 0.3) is 6.01 Å². The molecule has 4 nitrogen and oxygen atoms in total. The maximum atomic E-state index is 13.5. The van der Waals surface area contributed by atoms with Crippen LogP contribution in [0.4, 0.5) is 10.4 Å². The SMILES string of the molecule is CCN(c1nc2cc(F)ccc2o1)C1CCc2cc3ccc(Cl)cn3c2C1. The summed E-state index contributed by atoms with van der Waals surface area (Å²) < 4.78 is 21.6. The number of pyridine rings is 1. The van der Waals surface area contributed by atoms with E-state index in [-0.39, 0.29) is 11.9 Å². The topological polar surface area (TPSA) is 33.7 Å². The maximum absolute atomic E-state index is 13.5. The molecule has 1 unspecified atom stereocenters. The largest absolute Gasteiger partial charge is 0.423 e. The first-order chi connectivity index (χ1) is 13.1. The molecule has 5 rings (SSSR count). The molecule has 1 aliphatic rings. The van der Waals surface area contributed by atoms with Crippen LogP contribution in [-0.2, 0) is 12.8 Å². The number of aryl methyl sites for hydroxylation is 1. The highest BCUT2D eigenvalue weighted by atomic mass is 35.5. The van der Waals surface area contributed by atoms with Gasteiger partial charge in [-0.2, -0.15) is 4.98 Å². The van der Waals surface area contributed by atoms with Crippen molar-refractivity contribution < 1.29 is 8.81 Å². The van der Waals surface area contributed by atoms with E-state index in [4.69, 9.17) is 16.0 Å². The second kappa shape index (κ2) is 6.27. The molecule has 0 aliphatic heterocycles. The van der Waals surface area contributed by atoms with Crippen molar-refractivity contribution in [2.24, 2.45) is 0 Å². The van der Waals surface area contributed by atoms with E-state index in [9.17, 15) is 4.39 Å². The lowest BCUT2D eigenvalue weighted by Gasteiger charge is -2.32. The van der Waals surface area contributed by atoms with E-state index in [0.29, 0.717) is 17.1 Å². The molecule has 3 heterocycles. The Hall–Kier alpha value is -2.53. The van der Waals surface area contributed by atoms with E-state index in [1.165, 1.54) is 28.9 Å². The molecule has 0 radical (unpaired) electrons. The van der Waals surface area contributed by atoms with Crippen LogP contribution in [0.1, 0.15) is 24.6 Å². The van der Waals surface area contributed by atoms with Crippen LogP contribution < -0.4 is 4.90 Å². The highest BCUT2D eigenvalue weighted by Gasteiger charge is 2.28. The summed E-state index contributed by atoms with van der Waals surface area (Å²) >= 11 is 6.21. The van der Waals surface area contributed by atoms with Crippen LogP contribution in [0.3, 0.4) is 0 Å². The van der Waals surface area contributed by atoms with Crippen molar-refractivity contribution in [3.8, 4) is 0 Å². The van der Waals surface area contributed by atoms with Gasteiger partial charge in [0.15, 0.2) is 5.58 Å². The Morgan fingerprint density at radius 1 is 1.30 bits per heavy atom. The summed E-state index contributed by atoms with van der Waals surface area (Å²) in [6.45, 7) is 2.87. The van der Waals surface area contributed by atoms with Gasteiger partial charge < -0.3 is 13.7 Å². The summed E-state index contributed by atoms with van der Waals surface area (Å²) in [4.78, 5) is 6.72. The van der Waals surface area contributed by atoms with Crippen LogP contribution in [-0.4, -0.2) is 22.0 Å². The summed E-state index contributed by atoms with van der Waals surface area (Å²) in [5, 5.41) is 0.733. The molecule has 4 aromatic rings. The summed E-state index contributed by atoms with van der Waals surface area (Å²) in [5.74, 6) is -0.302. The standard InChI is InChI=1S/C21H19ClFN3O/c1-2-25(21-24-18-10-15(23)5-8-20(18)27-21)17-6-3-13-9-16-7-4-14(22)12-26(16)19(13)11-17/h4-5,7-10,12,17H,2-3,6,11H2,1H3. The van der Waals surface area contributed by atoms with Crippen molar-refractivity contribution >= 4 is 34.2 Å². The molecule has 0 bridgehead atoms. The number of aromatic nitrogens is 2. The molecular weight excluding hydrogens is 365 g/mol. The van der Waals surface area contributed by atoms with Gasteiger partial charge in [0, 0.05) is 42.5 Å². The normalized spacial score (nSPS) is 16.8. The van der Waals surface area contributed by atoms with Crippen LogP contribution in [0.2, 0.25) is 5.02 Å². The molecule has 0 fully saturated rings. The average Bonchev–Trinajstić information content (AvgIpc) is 3.23. The Morgan fingerprint density at radius 2 is 2.19 bits per heavy atom. The summed E-state index contributed by atoms with van der Waals surface area (Å²) in [7, 11) is 0. The van der Waals surface area contributed by atoms with E-state index in [0.717, 1.165) is 30.8 Å². The average molecular weight is 384 g/mol. The Morgan fingerprint density at radius 3 is 3.04 bits per heavy atom. The molecule has 0 saturated heterocycles. The first kappa shape index (κ1) is 16.6. The summed E-state index contributed by atoms with van der Waals surface area (Å²) in [5.41, 5.74) is 5.01. The second-order valence-electron chi connectivity index (χ2n) is 7.05. The van der Waals surface area contributed by atoms with Crippen molar-refractivity contribution in [3.63, 3.8) is 0 Å². The Kier molecular flexibility index (Phi) is 3.86. The van der Waals surface area contributed by atoms with Crippen LogP contribution in [0.15, 0.2) is 47.0 Å². The molecule has 0 N–H and O–H groups in total. The van der Waals surface area contributed by atoms with Crippen LogP contribution >= 0.6 is 11.6 Å². The van der Waals surface area contributed by atoms with Crippen molar-refractivity contribution in [3.05, 3.63) is 64.7 Å². The van der Waals surface area contributed by atoms with Crippen LogP contribution in [0.25, 0.3) is 16.6 Å². The summed E-state index contributed by atoms with van der Waals surface area (Å²) in [6, 6.07) is 11.5. The first-order valence-electron chi connectivity index (χ1n) is 9.23. The van der Waals surface area contributed by atoms with E-state index in [1.807, 2.05) is 12.3 Å². The van der Waals surface area contributed by atoms with E-state index in [1.54, 1.807) is 6.07 Å². The molecule has 0 saturated carbocycles. The molecule has 1 aliphatic carbocycles. The molecule has 1 aromatic carbocycles. The van der Waals surface area contributed by atoms with Crippen molar-refractivity contribution in [2.45, 2.75) is 32.2 Å². The van der Waals surface area contributed by atoms with Crippen molar-refractivity contribution in [2.75, 3.05) is 11.4 Å². The smallest absolute Gasteiger partial charge is 0.298 e. The van der Waals surface area contributed by atoms with E-state index < -0.39 is 0 Å². The highest BCUT2D eigenvalue weighted by molar-refractivity contribution is 6.30. The van der Waals surface area contributed by atoms with Gasteiger partial charge in [-0.15, -0.1) is 0 Å². The van der Waals surface area contributed by atoms with Gasteiger partial charge in [0.1, 0.15) is 11.3 Å². The lowest BCUT2D eigenvalue weighted by molar-refractivity contribution is 0.472. The van der Waals surface area contributed by atoms with Gasteiger partial charge in [0.2, 0.25) is 0 Å². The number of hydrogen-bond donors (Lipinski definition) is 0. The highest BCUT2D eigenvalue weighted by Crippen LogP contribution is 2.32. The quantitative estimate of drug-likeness (QED) is 0.484. The van der Waals surface area contributed by atoms with E-state index in [2.05, 4.69) is 33.3 Å².